The minimum atomic E-state index is -0.302. The zero-order chi connectivity index (χ0) is 12.8. The van der Waals surface area contributed by atoms with E-state index >= 15 is 0 Å². The van der Waals surface area contributed by atoms with Gasteiger partial charge in [0.05, 0.1) is 11.9 Å². The maximum Gasteiger partial charge on any atom is 0.141 e. The topological polar surface area (TPSA) is 53.6 Å². The van der Waals surface area contributed by atoms with Crippen molar-refractivity contribution in [3.05, 3.63) is 48.1 Å². The van der Waals surface area contributed by atoms with Crippen LogP contribution in [0.15, 0.2) is 30.7 Å². The summed E-state index contributed by atoms with van der Waals surface area (Å²) in [5, 5.41) is 3.40. The quantitative estimate of drug-likeness (QED) is 0.824. The van der Waals surface area contributed by atoms with Crippen LogP contribution in [0.25, 0.3) is 0 Å². The van der Waals surface area contributed by atoms with Gasteiger partial charge in [0.25, 0.3) is 0 Å². The molecule has 0 spiro atoms. The highest BCUT2D eigenvalue weighted by molar-refractivity contribution is 5.09. The van der Waals surface area contributed by atoms with Crippen LogP contribution in [0, 0.1) is 5.82 Å². The molecule has 0 saturated heterocycles. The van der Waals surface area contributed by atoms with Crippen molar-refractivity contribution in [3.8, 4) is 0 Å². The summed E-state index contributed by atoms with van der Waals surface area (Å²) in [5.74, 6) is 0.661. The molecule has 0 fully saturated rings. The molecular formula is C13H17FN4. The van der Waals surface area contributed by atoms with Crippen LogP contribution in [0.2, 0.25) is 0 Å². The van der Waals surface area contributed by atoms with Gasteiger partial charge in [0.15, 0.2) is 0 Å². The van der Waals surface area contributed by atoms with E-state index in [4.69, 9.17) is 0 Å². The largest absolute Gasteiger partial charge is 0.349 e. The van der Waals surface area contributed by atoms with Crippen molar-refractivity contribution in [1.29, 1.82) is 0 Å². The number of H-pyrrole nitrogens is 1. The molecule has 0 aromatic carbocycles. The molecule has 96 valence electrons. The molecule has 0 saturated carbocycles. The number of imidazole rings is 1. The number of nitrogens with one attached hydrogen (secondary N) is 2. The number of aromatic nitrogens is 3. The molecule has 2 N–H and O–H groups in total. The van der Waals surface area contributed by atoms with Gasteiger partial charge in [0.2, 0.25) is 0 Å². The van der Waals surface area contributed by atoms with Gasteiger partial charge < -0.3 is 10.3 Å². The number of nitrogens with zero attached hydrogens (tertiary/aromatic N) is 2. The molecule has 1 atom stereocenters. The van der Waals surface area contributed by atoms with Gasteiger partial charge in [0, 0.05) is 31.4 Å². The van der Waals surface area contributed by atoms with Crippen molar-refractivity contribution < 1.29 is 4.39 Å². The lowest BCUT2D eigenvalue weighted by Crippen LogP contribution is -2.24. The van der Waals surface area contributed by atoms with Gasteiger partial charge in [-0.25, -0.2) is 9.37 Å². The Hall–Kier alpha value is -1.75. The van der Waals surface area contributed by atoms with E-state index in [0.29, 0.717) is 0 Å². The van der Waals surface area contributed by atoms with Crippen LogP contribution >= 0.6 is 0 Å². The second-order valence-electron chi connectivity index (χ2n) is 4.10. The zero-order valence-corrected chi connectivity index (χ0v) is 10.4. The maximum absolute atomic E-state index is 12.8. The molecule has 1 unspecified atom stereocenters. The van der Waals surface area contributed by atoms with Crippen LogP contribution in [0.5, 0.6) is 0 Å². The third-order valence-electron chi connectivity index (χ3n) is 2.82. The van der Waals surface area contributed by atoms with Crippen molar-refractivity contribution in [3.63, 3.8) is 0 Å². The standard InChI is InChI=1S/C13H17FN4/c1-2-11(12-4-3-10(14)9-18-12)15-6-5-13-16-7-8-17-13/h3-4,7-9,11,15H,2,5-6H2,1H3,(H,16,17). The van der Waals surface area contributed by atoms with Crippen molar-refractivity contribution >= 4 is 0 Å². The minimum absolute atomic E-state index is 0.153. The van der Waals surface area contributed by atoms with E-state index in [1.807, 2.05) is 6.20 Å². The van der Waals surface area contributed by atoms with Gasteiger partial charge >= 0.3 is 0 Å². The van der Waals surface area contributed by atoms with Crippen molar-refractivity contribution in [1.82, 2.24) is 20.3 Å². The van der Waals surface area contributed by atoms with E-state index in [1.165, 1.54) is 12.3 Å². The van der Waals surface area contributed by atoms with E-state index in [9.17, 15) is 4.39 Å². The van der Waals surface area contributed by atoms with E-state index in [1.54, 1.807) is 12.3 Å². The summed E-state index contributed by atoms with van der Waals surface area (Å²) in [4.78, 5) is 11.3. The molecule has 18 heavy (non-hydrogen) atoms. The van der Waals surface area contributed by atoms with Crippen LogP contribution in [-0.4, -0.2) is 21.5 Å². The summed E-state index contributed by atoms with van der Waals surface area (Å²) >= 11 is 0. The Labute approximate surface area is 106 Å². The molecule has 2 heterocycles. The summed E-state index contributed by atoms with van der Waals surface area (Å²) in [5.41, 5.74) is 0.873. The Morgan fingerprint density at radius 1 is 1.39 bits per heavy atom. The van der Waals surface area contributed by atoms with Crippen molar-refractivity contribution in [2.75, 3.05) is 6.54 Å². The number of rotatable bonds is 6. The van der Waals surface area contributed by atoms with Gasteiger partial charge in [-0.2, -0.15) is 0 Å². The predicted molar refractivity (Wildman–Crippen MR) is 67.5 cm³/mol. The molecule has 0 aliphatic rings. The first-order valence-electron chi connectivity index (χ1n) is 6.12. The molecule has 2 aromatic rings. The van der Waals surface area contributed by atoms with Crippen LogP contribution in [-0.2, 0) is 6.42 Å². The highest BCUT2D eigenvalue weighted by atomic mass is 19.1. The Balaban J connectivity index is 1.87. The average Bonchev–Trinajstić information content (AvgIpc) is 2.89. The Bertz CT molecular complexity index is 452. The number of aromatic amines is 1. The monoisotopic (exact) mass is 248 g/mol. The first-order chi connectivity index (χ1) is 8.79. The number of halogens is 1. The van der Waals surface area contributed by atoms with Crippen LogP contribution in [0.1, 0.15) is 30.9 Å². The molecular weight excluding hydrogens is 231 g/mol. The average molecular weight is 248 g/mol. The zero-order valence-electron chi connectivity index (χ0n) is 10.4. The van der Waals surface area contributed by atoms with Crippen LogP contribution in [0.3, 0.4) is 0 Å². The lowest BCUT2D eigenvalue weighted by Gasteiger charge is -2.15. The van der Waals surface area contributed by atoms with E-state index in [-0.39, 0.29) is 11.9 Å². The normalized spacial score (nSPS) is 12.6. The van der Waals surface area contributed by atoms with Crippen molar-refractivity contribution in [2.45, 2.75) is 25.8 Å². The molecule has 0 aliphatic heterocycles. The summed E-state index contributed by atoms with van der Waals surface area (Å²) in [6, 6.07) is 3.32. The summed E-state index contributed by atoms with van der Waals surface area (Å²) in [6.45, 7) is 2.89. The third-order valence-corrected chi connectivity index (χ3v) is 2.82. The van der Waals surface area contributed by atoms with E-state index < -0.39 is 0 Å². The molecule has 2 rings (SSSR count). The van der Waals surface area contributed by atoms with Gasteiger partial charge in [-0.05, 0) is 18.6 Å². The summed E-state index contributed by atoms with van der Waals surface area (Å²) in [7, 11) is 0. The fourth-order valence-corrected chi connectivity index (χ4v) is 1.85. The predicted octanol–water partition coefficient (Wildman–Crippen LogP) is 2.23. The van der Waals surface area contributed by atoms with Gasteiger partial charge in [0.1, 0.15) is 11.6 Å². The minimum Gasteiger partial charge on any atom is -0.349 e. The fraction of sp³-hybridized carbons (Fsp3) is 0.385. The third kappa shape index (κ3) is 3.37. The smallest absolute Gasteiger partial charge is 0.141 e. The number of hydrogen-bond acceptors (Lipinski definition) is 3. The Morgan fingerprint density at radius 3 is 2.89 bits per heavy atom. The first-order valence-corrected chi connectivity index (χ1v) is 6.12. The second kappa shape index (κ2) is 6.26. The van der Waals surface area contributed by atoms with E-state index in [0.717, 1.165) is 30.9 Å². The summed E-state index contributed by atoms with van der Waals surface area (Å²) < 4.78 is 12.8. The number of pyridine rings is 1. The van der Waals surface area contributed by atoms with Crippen LogP contribution in [0.4, 0.5) is 4.39 Å². The second-order valence-corrected chi connectivity index (χ2v) is 4.10. The molecule has 5 heteroatoms. The highest BCUT2D eigenvalue weighted by Crippen LogP contribution is 2.13. The lowest BCUT2D eigenvalue weighted by atomic mass is 10.1. The molecule has 0 amide bonds. The number of hydrogen-bond donors (Lipinski definition) is 2. The highest BCUT2D eigenvalue weighted by Gasteiger charge is 2.10. The molecule has 2 aromatic heterocycles. The summed E-state index contributed by atoms with van der Waals surface area (Å²) in [6.07, 6.45) is 6.57. The first kappa shape index (κ1) is 12.7. The van der Waals surface area contributed by atoms with Crippen molar-refractivity contribution in [2.24, 2.45) is 0 Å². The molecule has 0 radical (unpaired) electrons. The maximum atomic E-state index is 12.8. The van der Waals surface area contributed by atoms with Gasteiger partial charge in [-0.1, -0.05) is 6.92 Å². The Kier molecular flexibility index (Phi) is 4.41. The molecule has 0 aliphatic carbocycles. The Morgan fingerprint density at radius 2 is 2.28 bits per heavy atom. The SMILES string of the molecule is CCC(NCCc1ncc[nH]1)c1ccc(F)cn1. The van der Waals surface area contributed by atoms with E-state index in [2.05, 4.69) is 27.2 Å². The molecule has 0 bridgehead atoms. The van der Waals surface area contributed by atoms with Gasteiger partial charge in [-0.3, -0.25) is 4.98 Å². The lowest BCUT2D eigenvalue weighted by molar-refractivity contribution is 0.505. The fourth-order valence-electron chi connectivity index (χ4n) is 1.85. The molecule has 4 nitrogen and oxygen atoms in total. The van der Waals surface area contributed by atoms with Gasteiger partial charge in [-0.15, -0.1) is 0 Å². The van der Waals surface area contributed by atoms with Crippen LogP contribution < -0.4 is 5.32 Å².